The van der Waals surface area contributed by atoms with Gasteiger partial charge in [0.1, 0.15) is 5.76 Å². The van der Waals surface area contributed by atoms with E-state index in [1.54, 1.807) is 13.0 Å². The van der Waals surface area contributed by atoms with Crippen molar-refractivity contribution in [3.8, 4) is 0 Å². The summed E-state index contributed by atoms with van der Waals surface area (Å²) in [5.41, 5.74) is 5.69. The summed E-state index contributed by atoms with van der Waals surface area (Å²) in [5.74, 6) is 0.933. The molecule has 0 fully saturated rings. The Balaban J connectivity index is 3.03. The fraction of sp³-hybridized carbons (Fsp3) is 0.500. The van der Waals surface area contributed by atoms with Gasteiger partial charge < -0.3 is 10.2 Å². The highest BCUT2D eigenvalue weighted by Crippen LogP contribution is 2.25. The van der Waals surface area contributed by atoms with Gasteiger partial charge in [0.2, 0.25) is 5.78 Å². The summed E-state index contributed by atoms with van der Waals surface area (Å²) < 4.78 is 5.23. The molecule has 0 aliphatic carbocycles. The van der Waals surface area contributed by atoms with Crippen molar-refractivity contribution in [2.24, 2.45) is 5.41 Å². The molecule has 0 unspecified atom stereocenters. The van der Waals surface area contributed by atoms with E-state index in [2.05, 4.69) is 0 Å². The van der Waals surface area contributed by atoms with Gasteiger partial charge in [-0.15, -0.1) is 0 Å². The summed E-state index contributed by atoms with van der Waals surface area (Å²) in [4.78, 5) is 11.7. The Bertz CT molecular complexity index is 312. The molecule has 0 amide bonds. The van der Waals surface area contributed by atoms with Gasteiger partial charge in [0.05, 0.1) is 5.69 Å². The number of hydrogen-bond donors (Lipinski definition) is 1. The molecule has 0 aromatic carbocycles. The van der Waals surface area contributed by atoms with Crippen LogP contribution < -0.4 is 5.73 Å². The molecule has 0 atom stereocenters. The number of anilines is 1. The third-order valence-corrected chi connectivity index (χ3v) is 1.86. The maximum absolute atomic E-state index is 11.7. The largest absolute Gasteiger partial charge is 0.456 e. The monoisotopic (exact) mass is 181 g/mol. The second kappa shape index (κ2) is 2.91. The molecule has 0 aliphatic heterocycles. The van der Waals surface area contributed by atoms with Crippen LogP contribution in [0.3, 0.4) is 0 Å². The van der Waals surface area contributed by atoms with E-state index in [1.807, 2.05) is 20.8 Å². The van der Waals surface area contributed by atoms with Crippen molar-refractivity contribution in [1.29, 1.82) is 0 Å². The van der Waals surface area contributed by atoms with Crippen molar-refractivity contribution in [2.45, 2.75) is 27.7 Å². The number of Topliss-reactive ketones (excluding diaryl/α,β-unsaturated/α-hetero) is 1. The third kappa shape index (κ3) is 1.91. The Kier molecular flexibility index (Phi) is 2.20. The van der Waals surface area contributed by atoms with Crippen molar-refractivity contribution in [2.75, 3.05) is 5.73 Å². The minimum atomic E-state index is -0.420. The smallest absolute Gasteiger partial charge is 0.203 e. The van der Waals surface area contributed by atoms with Crippen LogP contribution in [-0.2, 0) is 0 Å². The second-order valence-electron chi connectivity index (χ2n) is 4.20. The van der Waals surface area contributed by atoms with Crippen molar-refractivity contribution < 1.29 is 9.21 Å². The Morgan fingerprint density at radius 2 is 2.00 bits per heavy atom. The molecule has 0 saturated carbocycles. The van der Waals surface area contributed by atoms with Crippen LogP contribution in [0.15, 0.2) is 10.5 Å². The maximum atomic E-state index is 11.7. The Morgan fingerprint density at radius 3 is 2.31 bits per heavy atom. The Labute approximate surface area is 77.9 Å². The molecule has 0 saturated heterocycles. The van der Waals surface area contributed by atoms with E-state index in [9.17, 15) is 4.79 Å². The molecule has 0 bridgehead atoms. The fourth-order valence-corrected chi connectivity index (χ4v) is 0.978. The minimum absolute atomic E-state index is 0.0210. The topological polar surface area (TPSA) is 56.2 Å². The normalized spacial score (nSPS) is 11.7. The van der Waals surface area contributed by atoms with Gasteiger partial charge in [-0.05, 0) is 6.92 Å². The zero-order chi connectivity index (χ0) is 10.2. The quantitative estimate of drug-likeness (QED) is 0.677. The van der Waals surface area contributed by atoms with Crippen molar-refractivity contribution in [3.63, 3.8) is 0 Å². The van der Waals surface area contributed by atoms with E-state index in [4.69, 9.17) is 10.2 Å². The van der Waals surface area contributed by atoms with Crippen LogP contribution in [0.2, 0.25) is 0 Å². The van der Waals surface area contributed by atoms with Gasteiger partial charge in [-0.1, -0.05) is 20.8 Å². The van der Waals surface area contributed by atoms with Gasteiger partial charge in [-0.2, -0.15) is 0 Å². The standard InChI is InChI=1S/C10H15NO2/c1-6-7(11)5-8(13-6)9(12)10(2,3)4/h5H,11H2,1-4H3. The molecule has 1 heterocycles. The van der Waals surface area contributed by atoms with E-state index in [-0.39, 0.29) is 5.78 Å². The van der Waals surface area contributed by atoms with Gasteiger partial charge >= 0.3 is 0 Å². The highest BCUT2D eigenvalue weighted by atomic mass is 16.3. The summed E-state index contributed by atoms with van der Waals surface area (Å²) in [6, 6.07) is 1.59. The lowest BCUT2D eigenvalue weighted by atomic mass is 9.89. The van der Waals surface area contributed by atoms with Crippen LogP contribution in [-0.4, -0.2) is 5.78 Å². The van der Waals surface area contributed by atoms with E-state index in [0.29, 0.717) is 17.2 Å². The van der Waals surface area contributed by atoms with E-state index in [1.165, 1.54) is 0 Å². The lowest BCUT2D eigenvalue weighted by Crippen LogP contribution is -2.19. The first-order valence-electron chi connectivity index (χ1n) is 4.23. The molecule has 3 nitrogen and oxygen atoms in total. The van der Waals surface area contributed by atoms with Gasteiger partial charge in [0.15, 0.2) is 5.76 Å². The molecule has 72 valence electrons. The summed E-state index contributed by atoms with van der Waals surface area (Å²) in [6.45, 7) is 7.30. The van der Waals surface area contributed by atoms with Gasteiger partial charge in [0.25, 0.3) is 0 Å². The molecule has 1 rings (SSSR count). The van der Waals surface area contributed by atoms with Crippen LogP contribution in [0.1, 0.15) is 37.1 Å². The molecule has 2 N–H and O–H groups in total. The number of hydrogen-bond acceptors (Lipinski definition) is 3. The third-order valence-electron chi connectivity index (χ3n) is 1.86. The van der Waals surface area contributed by atoms with Crippen molar-refractivity contribution in [1.82, 2.24) is 0 Å². The first-order chi connectivity index (χ1) is 5.82. The maximum Gasteiger partial charge on any atom is 0.203 e. The fourth-order valence-electron chi connectivity index (χ4n) is 0.978. The van der Waals surface area contributed by atoms with Crippen LogP contribution in [0, 0.1) is 12.3 Å². The second-order valence-corrected chi connectivity index (χ2v) is 4.20. The van der Waals surface area contributed by atoms with E-state index in [0.717, 1.165) is 0 Å². The van der Waals surface area contributed by atoms with Gasteiger partial charge in [-0.25, -0.2) is 0 Å². The van der Waals surface area contributed by atoms with Gasteiger partial charge in [-0.3, -0.25) is 4.79 Å². The number of carbonyl (C=O) groups is 1. The zero-order valence-corrected chi connectivity index (χ0v) is 8.47. The SMILES string of the molecule is Cc1oc(C(=O)C(C)(C)C)cc1N. The van der Waals surface area contributed by atoms with E-state index >= 15 is 0 Å². The summed E-state index contributed by atoms with van der Waals surface area (Å²) in [5, 5.41) is 0. The number of carbonyl (C=O) groups excluding carboxylic acids is 1. The van der Waals surface area contributed by atoms with Crippen LogP contribution >= 0.6 is 0 Å². The number of rotatable bonds is 1. The number of aryl methyl sites for hydroxylation is 1. The molecular weight excluding hydrogens is 166 g/mol. The Morgan fingerprint density at radius 1 is 1.46 bits per heavy atom. The molecule has 3 heteroatoms. The summed E-state index contributed by atoms with van der Waals surface area (Å²) in [6.07, 6.45) is 0. The lowest BCUT2D eigenvalue weighted by molar-refractivity contribution is 0.0827. The van der Waals surface area contributed by atoms with Crippen LogP contribution in [0.25, 0.3) is 0 Å². The predicted molar refractivity (Wildman–Crippen MR) is 51.6 cm³/mol. The molecule has 1 aromatic heterocycles. The molecule has 0 radical (unpaired) electrons. The number of ketones is 1. The lowest BCUT2D eigenvalue weighted by Gasteiger charge is -2.13. The van der Waals surface area contributed by atoms with Gasteiger partial charge in [0, 0.05) is 11.5 Å². The highest BCUT2D eigenvalue weighted by Gasteiger charge is 2.26. The molecular formula is C10H15NO2. The number of nitrogen functional groups attached to an aromatic ring is 1. The molecule has 0 aliphatic rings. The predicted octanol–water partition coefficient (Wildman–Crippen LogP) is 2.40. The highest BCUT2D eigenvalue weighted by molar-refractivity contribution is 5.98. The molecule has 0 spiro atoms. The first kappa shape index (κ1) is 9.84. The van der Waals surface area contributed by atoms with E-state index < -0.39 is 5.41 Å². The summed E-state index contributed by atoms with van der Waals surface area (Å²) in [7, 11) is 0. The average molecular weight is 181 g/mol. The van der Waals surface area contributed by atoms with Crippen molar-refractivity contribution >= 4 is 11.5 Å². The number of nitrogens with two attached hydrogens (primary N) is 1. The van der Waals surface area contributed by atoms with Crippen molar-refractivity contribution in [3.05, 3.63) is 17.6 Å². The molecule has 1 aromatic rings. The average Bonchev–Trinajstić information content (AvgIpc) is 2.29. The number of furan rings is 1. The molecule has 13 heavy (non-hydrogen) atoms. The minimum Gasteiger partial charge on any atom is -0.456 e. The first-order valence-corrected chi connectivity index (χ1v) is 4.23. The Hall–Kier alpha value is -1.25. The van der Waals surface area contributed by atoms with Crippen LogP contribution in [0.5, 0.6) is 0 Å². The zero-order valence-electron chi connectivity index (χ0n) is 8.47. The van der Waals surface area contributed by atoms with Crippen LogP contribution in [0.4, 0.5) is 5.69 Å². The summed E-state index contributed by atoms with van der Waals surface area (Å²) >= 11 is 0.